The highest BCUT2D eigenvalue weighted by Crippen LogP contribution is 2.39. The van der Waals surface area contributed by atoms with E-state index in [1.807, 2.05) is 60.7 Å². The van der Waals surface area contributed by atoms with Gasteiger partial charge in [0.15, 0.2) is 17.5 Å². The Hall–Kier alpha value is -6.39. The van der Waals surface area contributed by atoms with Gasteiger partial charge in [0.2, 0.25) is 0 Å². The van der Waals surface area contributed by atoms with Crippen molar-refractivity contribution in [3.05, 3.63) is 164 Å². The van der Waals surface area contributed by atoms with Crippen molar-refractivity contribution < 1.29 is 4.42 Å². The van der Waals surface area contributed by atoms with Gasteiger partial charge in [0.1, 0.15) is 11.2 Å². The van der Waals surface area contributed by atoms with Gasteiger partial charge in [0, 0.05) is 33.0 Å². The minimum atomic E-state index is 0.608. The Balaban J connectivity index is 1.19. The summed E-state index contributed by atoms with van der Waals surface area (Å²) >= 11 is 0. The maximum atomic E-state index is 6.43. The van der Waals surface area contributed by atoms with Crippen LogP contribution >= 0.6 is 0 Å². The standard InChI is InChI=1S/C43H27N3O/c1-2-12-30(13-3-1)41-44-42(31-24-21-29(22-25-31)33-26-23-28-11-4-5-14-32(28)27-33)46-43(45-41)38-17-7-6-15-34(38)36-18-10-19-37-35-16-8-9-20-39(35)47-40(36)37/h1-27H. The van der Waals surface area contributed by atoms with Crippen LogP contribution in [-0.2, 0) is 0 Å². The molecule has 4 heteroatoms. The van der Waals surface area contributed by atoms with Crippen LogP contribution in [-0.4, -0.2) is 15.0 Å². The van der Waals surface area contributed by atoms with Crippen LogP contribution in [0, 0.1) is 0 Å². The van der Waals surface area contributed by atoms with Gasteiger partial charge in [0.25, 0.3) is 0 Å². The van der Waals surface area contributed by atoms with Gasteiger partial charge in [-0.15, -0.1) is 0 Å². The van der Waals surface area contributed by atoms with Crippen LogP contribution in [0.25, 0.3) is 89.1 Å². The van der Waals surface area contributed by atoms with Crippen molar-refractivity contribution >= 4 is 32.7 Å². The molecule has 0 atom stereocenters. The van der Waals surface area contributed by atoms with E-state index in [9.17, 15) is 0 Å². The molecular weight excluding hydrogens is 574 g/mol. The summed E-state index contributed by atoms with van der Waals surface area (Å²) in [4.78, 5) is 15.1. The molecule has 220 valence electrons. The molecule has 0 bridgehead atoms. The van der Waals surface area contributed by atoms with Gasteiger partial charge in [-0.3, -0.25) is 0 Å². The van der Waals surface area contributed by atoms with Crippen LogP contribution in [0.3, 0.4) is 0 Å². The Bertz CT molecular complexity index is 2570. The normalized spacial score (nSPS) is 11.4. The van der Waals surface area contributed by atoms with Gasteiger partial charge in [-0.1, -0.05) is 152 Å². The second kappa shape index (κ2) is 11.2. The molecule has 0 unspecified atom stereocenters. The van der Waals surface area contributed by atoms with Crippen LogP contribution < -0.4 is 0 Å². The fourth-order valence-corrected chi connectivity index (χ4v) is 6.39. The molecule has 0 aliphatic rings. The van der Waals surface area contributed by atoms with E-state index in [1.165, 1.54) is 16.3 Å². The minimum absolute atomic E-state index is 0.608. The molecule has 4 nitrogen and oxygen atoms in total. The zero-order valence-corrected chi connectivity index (χ0v) is 25.3. The first-order chi connectivity index (χ1) is 23.3. The van der Waals surface area contributed by atoms with Crippen molar-refractivity contribution in [2.45, 2.75) is 0 Å². The maximum Gasteiger partial charge on any atom is 0.164 e. The first-order valence-electron chi connectivity index (χ1n) is 15.7. The van der Waals surface area contributed by atoms with Crippen molar-refractivity contribution in [3.63, 3.8) is 0 Å². The SMILES string of the molecule is c1ccc(-c2nc(-c3ccc(-c4ccc5ccccc5c4)cc3)nc(-c3ccccc3-c3cccc4c3oc3ccccc34)n2)cc1. The van der Waals surface area contributed by atoms with Crippen LogP contribution in [0.4, 0.5) is 0 Å². The third-order valence-corrected chi connectivity index (χ3v) is 8.76. The number of hydrogen-bond acceptors (Lipinski definition) is 4. The number of nitrogens with zero attached hydrogens (tertiary/aromatic N) is 3. The average molecular weight is 602 g/mol. The molecule has 0 saturated heterocycles. The molecule has 0 radical (unpaired) electrons. The molecule has 0 amide bonds. The summed E-state index contributed by atoms with van der Waals surface area (Å²) < 4.78 is 6.43. The molecule has 9 aromatic rings. The number of hydrogen-bond donors (Lipinski definition) is 0. The number of furan rings is 1. The van der Waals surface area contributed by atoms with Crippen molar-refractivity contribution in [3.8, 4) is 56.4 Å². The summed E-state index contributed by atoms with van der Waals surface area (Å²) in [5, 5.41) is 4.64. The highest BCUT2D eigenvalue weighted by atomic mass is 16.3. The topological polar surface area (TPSA) is 51.8 Å². The molecule has 7 aromatic carbocycles. The molecule has 0 fully saturated rings. The van der Waals surface area contributed by atoms with Crippen molar-refractivity contribution in [1.82, 2.24) is 15.0 Å². The highest BCUT2D eigenvalue weighted by Gasteiger charge is 2.19. The van der Waals surface area contributed by atoms with Gasteiger partial charge in [-0.2, -0.15) is 0 Å². The predicted octanol–water partition coefficient (Wildman–Crippen LogP) is 11.3. The average Bonchev–Trinajstić information content (AvgIpc) is 3.54. The zero-order valence-electron chi connectivity index (χ0n) is 25.3. The van der Waals surface area contributed by atoms with E-state index < -0.39 is 0 Å². The second-order valence-electron chi connectivity index (χ2n) is 11.6. The summed E-state index contributed by atoms with van der Waals surface area (Å²) in [5.74, 6) is 1.85. The zero-order chi connectivity index (χ0) is 31.2. The van der Waals surface area contributed by atoms with Crippen LogP contribution in [0.15, 0.2) is 168 Å². The Morgan fingerprint density at radius 3 is 1.74 bits per heavy atom. The van der Waals surface area contributed by atoms with Gasteiger partial charge < -0.3 is 4.42 Å². The first kappa shape index (κ1) is 27.0. The summed E-state index contributed by atoms with van der Waals surface area (Å²) in [6.45, 7) is 0. The third kappa shape index (κ3) is 4.84. The van der Waals surface area contributed by atoms with E-state index in [0.29, 0.717) is 17.5 Å². The number of fused-ring (bicyclic) bond motifs is 4. The second-order valence-corrected chi connectivity index (χ2v) is 11.6. The molecule has 2 heterocycles. The summed E-state index contributed by atoms with van der Waals surface area (Å²) in [7, 11) is 0. The van der Waals surface area contributed by atoms with Crippen LogP contribution in [0.1, 0.15) is 0 Å². The fraction of sp³-hybridized carbons (Fsp3) is 0. The monoisotopic (exact) mass is 601 g/mol. The van der Waals surface area contributed by atoms with E-state index >= 15 is 0 Å². The van der Waals surface area contributed by atoms with E-state index in [1.54, 1.807) is 0 Å². The fourth-order valence-electron chi connectivity index (χ4n) is 6.39. The van der Waals surface area contributed by atoms with Crippen LogP contribution in [0.2, 0.25) is 0 Å². The predicted molar refractivity (Wildman–Crippen MR) is 192 cm³/mol. The quantitative estimate of drug-likeness (QED) is 0.197. The number of para-hydroxylation sites is 2. The van der Waals surface area contributed by atoms with Gasteiger partial charge in [-0.05, 0) is 39.6 Å². The Morgan fingerprint density at radius 2 is 0.915 bits per heavy atom. The van der Waals surface area contributed by atoms with Crippen molar-refractivity contribution in [2.75, 3.05) is 0 Å². The smallest absolute Gasteiger partial charge is 0.164 e. The number of benzene rings is 7. The first-order valence-corrected chi connectivity index (χ1v) is 15.7. The van der Waals surface area contributed by atoms with Crippen molar-refractivity contribution in [1.29, 1.82) is 0 Å². The van der Waals surface area contributed by atoms with Gasteiger partial charge in [0.05, 0.1) is 0 Å². The Morgan fingerprint density at radius 1 is 0.340 bits per heavy atom. The lowest BCUT2D eigenvalue weighted by atomic mass is 9.97. The van der Waals surface area contributed by atoms with Gasteiger partial charge in [-0.25, -0.2) is 15.0 Å². The molecular formula is C43H27N3O. The van der Waals surface area contributed by atoms with E-state index in [2.05, 4.69) is 103 Å². The van der Waals surface area contributed by atoms with Crippen LogP contribution in [0.5, 0.6) is 0 Å². The minimum Gasteiger partial charge on any atom is -0.455 e. The molecule has 0 spiro atoms. The lowest BCUT2D eigenvalue weighted by Gasteiger charge is -2.12. The highest BCUT2D eigenvalue weighted by molar-refractivity contribution is 6.10. The van der Waals surface area contributed by atoms with E-state index in [0.717, 1.165) is 55.3 Å². The molecule has 0 saturated carbocycles. The largest absolute Gasteiger partial charge is 0.455 e. The maximum absolute atomic E-state index is 6.43. The van der Waals surface area contributed by atoms with E-state index in [-0.39, 0.29) is 0 Å². The molecule has 9 rings (SSSR count). The Kier molecular flexibility index (Phi) is 6.43. The van der Waals surface area contributed by atoms with Gasteiger partial charge >= 0.3 is 0 Å². The number of aromatic nitrogens is 3. The number of rotatable bonds is 5. The third-order valence-electron chi connectivity index (χ3n) is 8.76. The lowest BCUT2D eigenvalue weighted by Crippen LogP contribution is -2.01. The molecule has 47 heavy (non-hydrogen) atoms. The van der Waals surface area contributed by atoms with E-state index in [4.69, 9.17) is 19.4 Å². The summed E-state index contributed by atoms with van der Waals surface area (Å²) in [6.07, 6.45) is 0. The summed E-state index contributed by atoms with van der Waals surface area (Å²) in [5.41, 5.74) is 8.79. The molecule has 2 aromatic heterocycles. The Labute approximate surface area is 271 Å². The van der Waals surface area contributed by atoms with Crippen molar-refractivity contribution in [2.24, 2.45) is 0 Å². The summed E-state index contributed by atoms with van der Waals surface area (Å²) in [6, 6.07) is 56.3. The molecule has 0 aliphatic heterocycles. The molecule has 0 N–H and O–H groups in total. The molecule has 0 aliphatic carbocycles. The lowest BCUT2D eigenvalue weighted by molar-refractivity contribution is 0.670.